The molecule has 5 rings (SSSR count). The van der Waals surface area contributed by atoms with Gasteiger partial charge < -0.3 is 24.6 Å². The van der Waals surface area contributed by atoms with Crippen LogP contribution >= 0.6 is 0 Å². The number of hydrogen-bond acceptors (Lipinski definition) is 6. The van der Waals surface area contributed by atoms with Crippen LogP contribution in [0.25, 0.3) is 0 Å². The number of nitrogens with zero attached hydrogens (tertiary/aromatic N) is 4. The highest BCUT2D eigenvalue weighted by molar-refractivity contribution is 5.92. The van der Waals surface area contributed by atoms with E-state index in [1.54, 1.807) is 25.3 Å². The predicted octanol–water partition coefficient (Wildman–Crippen LogP) is 1.34. The highest BCUT2D eigenvalue weighted by Crippen LogP contribution is 2.42. The van der Waals surface area contributed by atoms with E-state index in [-0.39, 0.29) is 29.8 Å². The van der Waals surface area contributed by atoms with Gasteiger partial charge in [-0.15, -0.1) is 0 Å². The molecular formula is C20H26N6O3. The van der Waals surface area contributed by atoms with Crippen LogP contribution in [0.3, 0.4) is 0 Å². The molecular weight excluding hydrogens is 372 g/mol. The standard InChI is InChI=1S/C20H26N6O3/c1-12-23-20(24-29-12)25-10-13-8-14(11-25)17(26-16(13)5-2-6-18(26)27)9-22-19(28)15-4-3-7-21-15/h3-4,7,13-14,16-17,21H,2,5-6,8-11H2,1H3,(H,22,28)/t13-,14+,16+,17+/m1/s1. The molecule has 2 amide bonds. The minimum atomic E-state index is -0.139. The second-order valence-electron chi connectivity index (χ2n) is 8.40. The number of amides is 2. The molecule has 5 heterocycles. The van der Waals surface area contributed by atoms with Gasteiger partial charge in [-0.3, -0.25) is 9.59 Å². The third-order valence-corrected chi connectivity index (χ3v) is 6.61. The van der Waals surface area contributed by atoms with Gasteiger partial charge in [-0.05, 0) is 48.4 Å². The molecule has 0 radical (unpaired) electrons. The Balaban J connectivity index is 1.38. The van der Waals surface area contributed by atoms with Crippen molar-refractivity contribution in [2.75, 3.05) is 24.5 Å². The molecule has 2 aromatic rings. The van der Waals surface area contributed by atoms with Crippen molar-refractivity contribution < 1.29 is 14.1 Å². The van der Waals surface area contributed by atoms with Crippen LogP contribution in [0.1, 0.15) is 42.1 Å². The van der Waals surface area contributed by atoms with Crippen LogP contribution in [0, 0.1) is 18.8 Å². The third-order valence-electron chi connectivity index (χ3n) is 6.61. The van der Waals surface area contributed by atoms with Crippen molar-refractivity contribution in [2.24, 2.45) is 11.8 Å². The van der Waals surface area contributed by atoms with E-state index < -0.39 is 0 Å². The van der Waals surface area contributed by atoms with E-state index in [0.717, 1.165) is 32.4 Å². The van der Waals surface area contributed by atoms with Gasteiger partial charge in [0.05, 0.1) is 6.04 Å². The number of nitrogens with one attached hydrogen (secondary N) is 2. The molecule has 9 heteroatoms. The number of piperidine rings is 3. The number of aromatic amines is 1. The fourth-order valence-corrected chi connectivity index (χ4v) is 5.38. The van der Waals surface area contributed by atoms with E-state index in [2.05, 4.69) is 30.2 Å². The molecule has 2 bridgehead atoms. The highest BCUT2D eigenvalue weighted by atomic mass is 16.5. The summed E-state index contributed by atoms with van der Waals surface area (Å²) in [6, 6.07) is 3.76. The Morgan fingerprint density at radius 1 is 1.38 bits per heavy atom. The summed E-state index contributed by atoms with van der Waals surface area (Å²) in [7, 11) is 0. The minimum absolute atomic E-state index is 0.0150. The van der Waals surface area contributed by atoms with Crippen molar-refractivity contribution in [1.29, 1.82) is 0 Å². The van der Waals surface area contributed by atoms with Gasteiger partial charge in [0.15, 0.2) is 0 Å². The van der Waals surface area contributed by atoms with E-state index in [0.29, 0.717) is 36.4 Å². The topological polar surface area (TPSA) is 107 Å². The monoisotopic (exact) mass is 398 g/mol. The summed E-state index contributed by atoms with van der Waals surface area (Å²) >= 11 is 0. The lowest BCUT2D eigenvalue weighted by atomic mass is 9.72. The van der Waals surface area contributed by atoms with Gasteiger partial charge >= 0.3 is 0 Å². The SMILES string of the molecule is Cc1nc(N2C[C@H]3C[C@@H](C2)[C@H](CNC(=O)c2ccc[nH]2)N2C(=O)CCC[C@@H]32)no1. The molecule has 3 saturated heterocycles. The van der Waals surface area contributed by atoms with Gasteiger partial charge in [0, 0.05) is 45.2 Å². The van der Waals surface area contributed by atoms with Crippen molar-refractivity contribution >= 4 is 17.8 Å². The number of carbonyl (C=O) groups excluding carboxylic acids is 2. The van der Waals surface area contributed by atoms with Gasteiger partial charge in [-0.25, -0.2) is 0 Å². The lowest BCUT2D eigenvalue weighted by molar-refractivity contribution is -0.148. The molecule has 3 aliphatic heterocycles. The maximum absolute atomic E-state index is 12.9. The molecule has 154 valence electrons. The fourth-order valence-electron chi connectivity index (χ4n) is 5.38. The maximum Gasteiger partial charge on any atom is 0.267 e. The van der Waals surface area contributed by atoms with Crippen LogP contribution in [0.15, 0.2) is 22.9 Å². The molecule has 2 N–H and O–H groups in total. The van der Waals surface area contributed by atoms with Gasteiger partial charge in [-0.1, -0.05) is 0 Å². The Bertz CT molecular complexity index is 894. The van der Waals surface area contributed by atoms with Crippen molar-refractivity contribution in [2.45, 2.75) is 44.7 Å². The van der Waals surface area contributed by atoms with Crippen LogP contribution in [-0.4, -0.2) is 63.6 Å². The summed E-state index contributed by atoms with van der Waals surface area (Å²) < 4.78 is 5.18. The Morgan fingerprint density at radius 2 is 2.24 bits per heavy atom. The van der Waals surface area contributed by atoms with E-state index in [1.165, 1.54) is 0 Å². The molecule has 0 saturated carbocycles. The average molecular weight is 398 g/mol. The molecule has 0 spiro atoms. The number of carbonyl (C=O) groups is 2. The number of rotatable bonds is 4. The van der Waals surface area contributed by atoms with E-state index in [4.69, 9.17) is 4.52 Å². The van der Waals surface area contributed by atoms with E-state index in [9.17, 15) is 9.59 Å². The number of anilines is 1. The molecule has 0 aromatic carbocycles. The first-order chi connectivity index (χ1) is 14.1. The molecule has 0 aliphatic carbocycles. The molecule has 3 fully saturated rings. The smallest absolute Gasteiger partial charge is 0.267 e. The lowest BCUT2D eigenvalue weighted by Gasteiger charge is -2.56. The first-order valence-electron chi connectivity index (χ1n) is 10.4. The fraction of sp³-hybridized carbons (Fsp3) is 0.600. The molecule has 29 heavy (non-hydrogen) atoms. The quantitative estimate of drug-likeness (QED) is 0.805. The molecule has 4 atom stereocenters. The van der Waals surface area contributed by atoms with Gasteiger partial charge in [-0.2, -0.15) is 4.98 Å². The second-order valence-corrected chi connectivity index (χ2v) is 8.40. The average Bonchev–Trinajstić information content (AvgIpc) is 3.40. The van der Waals surface area contributed by atoms with Crippen LogP contribution < -0.4 is 10.2 Å². The third kappa shape index (κ3) is 3.28. The van der Waals surface area contributed by atoms with Gasteiger partial charge in [0.1, 0.15) is 5.69 Å². The summed E-state index contributed by atoms with van der Waals surface area (Å²) in [4.78, 5) is 36.9. The highest BCUT2D eigenvalue weighted by Gasteiger charge is 2.49. The largest absolute Gasteiger partial charge is 0.357 e. The molecule has 3 aliphatic rings. The summed E-state index contributed by atoms with van der Waals surface area (Å²) in [6.07, 6.45) is 5.35. The molecule has 9 nitrogen and oxygen atoms in total. The Kier molecular flexibility index (Phi) is 4.52. The first-order valence-corrected chi connectivity index (χ1v) is 10.4. The van der Waals surface area contributed by atoms with E-state index in [1.807, 2.05) is 0 Å². The van der Waals surface area contributed by atoms with Crippen LogP contribution in [0.4, 0.5) is 5.95 Å². The van der Waals surface area contributed by atoms with Gasteiger partial charge in [0.25, 0.3) is 11.9 Å². The van der Waals surface area contributed by atoms with Crippen molar-refractivity contribution in [3.63, 3.8) is 0 Å². The van der Waals surface area contributed by atoms with Crippen molar-refractivity contribution in [1.82, 2.24) is 25.3 Å². The summed E-state index contributed by atoms with van der Waals surface area (Å²) in [5, 5.41) is 7.14. The number of H-pyrrole nitrogens is 1. The summed E-state index contributed by atoms with van der Waals surface area (Å²) in [5.41, 5.74) is 0.535. The Morgan fingerprint density at radius 3 is 3.00 bits per heavy atom. The zero-order valence-electron chi connectivity index (χ0n) is 16.5. The Hall–Kier alpha value is -2.84. The van der Waals surface area contributed by atoms with Crippen LogP contribution in [-0.2, 0) is 4.79 Å². The first kappa shape index (κ1) is 18.2. The minimum Gasteiger partial charge on any atom is -0.357 e. The zero-order chi connectivity index (χ0) is 20.0. The normalized spacial score (nSPS) is 28.9. The number of aromatic nitrogens is 3. The number of hydrogen-bond donors (Lipinski definition) is 2. The zero-order valence-corrected chi connectivity index (χ0v) is 16.5. The molecule has 2 aromatic heterocycles. The maximum atomic E-state index is 12.9. The molecule has 0 unspecified atom stereocenters. The van der Waals surface area contributed by atoms with Crippen molar-refractivity contribution in [3.8, 4) is 0 Å². The van der Waals surface area contributed by atoms with Crippen molar-refractivity contribution in [3.05, 3.63) is 29.9 Å². The van der Waals surface area contributed by atoms with Crippen LogP contribution in [0.5, 0.6) is 0 Å². The van der Waals surface area contributed by atoms with E-state index >= 15 is 0 Å². The Labute approximate surface area is 168 Å². The van der Waals surface area contributed by atoms with Crippen LogP contribution in [0.2, 0.25) is 0 Å². The number of fused-ring (bicyclic) bond motifs is 4. The predicted molar refractivity (Wildman–Crippen MR) is 104 cm³/mol. The second kappa shape index (κ2) is 7.20. The lowest BCUT2D eigenvalue weighted by Crippen LogP contribution is -2.67. The summed E-state index contributed by atoms with van der Waals surface area (Å²) in [6.45, 7) is 3.85. The van der Waals surface area contributed by atoms with Gasteiger partial charge in [0.2, 0.25) is 11.8 Å². The number of aryl methyl sites for hydroxylation is 1. The summed E-state index contributed by atoms with van der Waals surface area (Å²) in [5.74, 6) is 1.92.